The normalized spacial score (nSPS) is 16.6. The molecule has 0 bridgehead atoms. The smallest absolute Gasteiger partial charge is 0.242 e. The molecule has 1 heterocycles. The first-order valence-corrected chi connectivity index (χ1v) is 4.96. The third-order valence-electron chi connectivity index (χ3n) is 2.51. The molecule has 0 atom stereocenters. The molecule has 1 rings (SSSR count). The first-order chi connectivity index (χ1) is 6.61. The Morgan fingerprint density at radius 3 is 2.36 bits per heavy atom. The van der Waals surface area contributed by atoms with Gasteiger partial charge in [0.25, 0.3) is 0 Å². The van der Waals surface area contributed by atoms with Crippen LogP contribution in [0.5, 0.6) is 0 Å². The second-order valence-electron chi connectivity index (χ2n) is 3.69. The van der Waals surface area contributed by atoms with Crippen LogP contribution in [0.1, 0.15) is 19.3 Å². The van der Waals surface area contributed by atoms with Crippen molar-refractivity contribution in [1.82, 2.24) is 9.80 Å². The Hall–Kier alpha value is -1.06. The molecule has 0 aromatic rings. The SMILES string of the molecule is [CH2]C(=O)N(C)CC(=O)N1CCCCC1. The molecule has 1 saturated heterocycles. The highest BCUT2D eigenvalue weighted by Crippen LogP contribution is 2.08. The molecular formula is C10H17N2O2. The molecule has 1 aliphatic heterocycles. The van der Waals surface area contributed by atoms with Crippen LogP contribution in [0.4, 0.5) is 0 Å². The lowest BCUT2D eigenvalue weighted by Gasteiger charge is -2.28. The van der Waals surface area contributed by atoms with Gasteiger partial charge >= 0.3 is 0 Å². The van der Waals surface area contributed by atoms with Crippen molar-refractivity contribution < 1.29 is 9.59 Å². The van der Waals surface area contributed by atoms with Crippen LogP contribution in [0, 0.1) is 6.92 Å². The maximum Gasteiger partial charge on any atom is 0.242 e. The largest absolute Gasteiger partial charge is 0.341 e. The molecule has 4 heteroatoms. The number of piperidine rings is 1. The number of amides is 2. The van der Waals surface area contributed by atoms with Gasteiger partial charge in [0, 0.05) is 27.1 Å². The highest BCUT2D eigenvalue weighted by Gasteiger charge is 2.18. The molecule has 14 heavy (non-hydrogen) atoms. The van der Waals surface area contributed by atoms with Crippen molar-refractivity contribution in [2.75, 3.05) is 26.7 Å². The molecule has 4 nitrogen and oxygen atoms in total. The molecule has 0 spiro atoms. The van der Waals surface area contributed by atoms with Crippen molar-refractivity contribution in [3.8, 4) is 0 Å². The summed E-state index contributed by atoms with van der Waals surface area (Å²) in [7, 11) is 1.59. The number of hydrogen-bond acceptors (Lipinski definition) is 2. The van der Waals surface area contributed by atoms with Gasteiger partial charge in [-0.3, -0.25) is 9.59 Å². The average molecular weight is 197 g/mol. The van der Waals surface area contributed by atoms with Gasteiger partial charge in [-0.25, -0.2) is 0 Å². The monoisotopic (exact) mass is 197 g/mol. The molecule has 1 aliphatic rings. The minimum absolute atomic E-state index is 0.0317. The van der Waals surface area contributed by atoms with E-state index in [0.717, 1.165) is 25.9 Å². The van der Waals surface area contributed by atoms with Gasteiger partial charge in [-0.1, -0.05) is 0 Å². The lowest BCUT2D eigenvalue weighted by Crippen LogP contribution is -2.42. The highest BCUT2D eigenvalue weighted by atomic mass is 16.2. The topological polar surface area (TPSA) is 40.6 Å². The molecular weight excluding hydrogens is 180 g/mol. The summed E-state index contributed by atoms with van der Waals surface area (Å²) in [6.07, 6.45) is 3.36. The van der Waals surface area contributed by atoms with E-state index in [2.05, 4.69) is 6.92 Å². The van der Waals surface area contributed by atoms with Gasteiger partial charge < -0.3 is 9.80 Å². The summed E-state index contributed by atoms with van der Waals surface area (Å²) in [5.41, 5.74) is 0. The quantitative estimate of drug-likeness (QED) is 0.638. The van der Waals surface area contributed by atoms with Crippen LogP contribution in [0.2, 0.25) is 0 Å². The molecule has 0 N–H and O–H groups in total. The van der Waals surface area contributed by atoms with Gasteiger partial charge in [0.1, 0.15) is 0 Å². The molecule has 2 amide bonds. The predicted molar refractivity (Wildman–Crippen MR) is 53.4 cm³/mol. The summed E-state index contributed by atoms with van der Waals surface area (Å²) in [5.74, 6) is -0.278. The first kappa shape index (κ1) is 11.0. The van der Waals surface area contributed by atoms with Crippen LogP contribution >= 0.6 is 0 Å². The van der Waals surface area contributed by atoms with Crippen LogP contribution in [0.25, 0.3) is 0 Å². The van der Waals surface area contributed by atoms with Gasteiger partial charge in [0.05, 0.1) is 6.54 Å². The highest BCUT2D eigenvalue weighted by molar-refractivity contribution is 5.86. The van der Waals surface area contributed by atoms with Crippen LogP contribution in [-0.4, -0.2) is 48.3 Å². The number of hydrogen-bond donors (Lipinski definition) is 0. The number of rotatable bonds is 2. The lowest BCUT2D eigenvalue weighted by molar-refractivity contribution is -0.138. The maximum absolute atomic E-state index is 11.6. The Balaban J connectivity index is 2.36. The average Bonchev–Trinajstić information content (AvgIpc) is 2.19. The fourth-order valence-corrected chi connectivity index (χ4v) is 1.53. The molecule has 1 radical (unpaired) electrons. The van der Waals surface area contributed by atoms with Crippen molar-refractivity contribution in [3.05, 3.63) is 6.92 Å². The van der Waals surface area contributed by atoms with Gasteiger partial charge in [-0.05, 0) is 19.3 Å². The van der Waals surface area contributed by atoms with E-state index in [-0.39, 0.29) is 18.4 Å². The molecule has 1 fully saturated rings. The van der Waals surface area contributed by atoms with Crippen LogP contribution < -0.4 is 0 Å². The predicted octanol–water partition coefficient (Wildman–Crippen LogP) is 0.291. The summed E-state index contributed by atoms with van der Waals surface area (Å²) < 4.78 is 0. The summed E-state index contributed by atoms with van der Waals surface area (Å²) in [6, 6.07) is 0. The van der Waals surface area contributed by atoms with Gasteiger partial charge in [-0.15, -0.1) is 0 Å². The van der Waals surface area contributed by atoms with E-state index in [1.54, 1.807) is 7.05 Å². The standard InChI is InChI=1S/C10H17N2O2/c1-9(13)11(2)8-10(14)12-6-4-3-5-7-12/h1,3-8H2,2H3. The second kappa shape index (κ2) is 4.98. The summed E-state index contributed by atoms with van der Waals surface area (Å²) in [5, 5.41) is 0. The number of likely N-dealkylation sites (N-methyl/N-ethyl adjacent to an activating group) is 1. The Kier molecular flexibility index (Phi) is 3.92. The van der Waals surface area contributed by atoms with E-state index in [0.29, 0.717) is 0 Å². The van der Waals surface area contributed by atoms with Crippen molar-refractivity contribution in [3.63, 3.8) is 0 Å². The lowest BCUT2D eigenvalue weighted by atomic mass is 10.1. The zero-order chi connectivity index (χ0) is 10.6. The summed E-state index contributed by atoms with van der Waals surface area (Å²) in [6.45, 7) is 5.07. The Labute approximate surface area is 84.9 Å². The van der Waals surface area contributed by atoms with E-state index in [1.165, 1.54) is 11.3 Å². The molecule has 0 unspecified atom stereocenters. The third-order valence-corrected chi connectivity index (χ3v) is 2.51. The third kappa shape index (κ3) is 3.01. The Morgan fingerprint density at radius 1 is 1.29 bits per heavy atom. The number of nitrogens with zero attached hydrogens (tertiary/aromatic N) is 2. The summed E-state index contributed by atoms with van der Waals surface area (Å²) >= 11 is 0. The van der Waals surface area contributed by atoms with Crippen LogP contribution in [-0.2, 0) is 9.59 Å². The van der Waals surface area contributed by atoms with E-state index < -0.39 is 0 Å². The number of likely N-dealkylation sites (tertiary alicyclic amines) is 1. The van der Waals surface area contributed by atoms with Crippen molar-refractivity contribution >= 4 is 11.8 Å². The minimum Gasteiger partial charge on any atom is -0.341 e. The van der Waals surface area contributed by atoms with E-state index >= 15 is 0 Å². The van der Waals surface area contributed by atoms with Crippen molar-refractivity contribution in [2.45, 2.75) is 19.3 Å². The molecule has 0 aliphatic carbocycles. The number of carbonyl (C=O) groups excluding carboxylic acids is 2. The van der Waals surface area contributed by atoms with Gasteiger partial charge in [0.15, 0.2) is 0 Å². The zero-order valence-corrected chi connectivity index (χ0v) is 8.66. The second-order valence-corrected chi connectivity index (χ2v) is 3.69. The van der Waals surface area contributed by atoms with Crippen LogP contribution in [0.15, 0.2) is 0 Å². The Bertz CT molecular complexity index is 222. The maximum atomic E-state index is 11.6. The van der Waals surface area contributed by atoms with Crippen molar-refractivity contribution in [2.24, 2.45) is 0 Å². The molecule has 79 valence electrons. The molecule has 0 saturated carbocycles. The van der Waals surface area contributed by atoms with E-state index in [4.69, 9.17) is 0 Å². The Morgan fingerprint density at radius 2 is 1.86 bits per heavy atom. The van der Waals surface area contributed by atoms with Crippen molar-refractivity contribution in [1.29, 1.82) is 0 Å². The number of carbonyl (C=O) groups is 2. The fraction of sp³-hybridized carbons (Fsp3) is 0.700. The molecule has 0 aromatic carbocycles. The van der Waals surface area contributed by atoms with E-state index in [1.807, 2.05) is 4.90 Å². The van der Waals surface area contributed by atoms with Gasteiger partial charge in [-0.2, -0.15) is 0 Å². The van der Waals surface area contributed by atoms with E-state index in [9.17, 15) is 9.59 Å². The molecule has 0 aromatic heterocycles. The zero-order valence-electron chi connectivity index (χ0n) is 8.66. The first-order valence-electron chi connectivity index (χ1n) is 4.96. The summed E-state index contributed by atoms with van der Waals surface area (Å²) in [4.78, 5) is 25.6. The van der Waals surface area contributed by atoms with Crippen LogP contribution in [0.3, 0.4) is 0 Å². The van der Waals surface area contributed by atoms with Gasteiger partial charge in [0.2, 0.25) is 11.8 Å². The minimum atomic E-state index is -0.310. The fourth-order valence-electron chi connectivity index (χ4n) is 1.53.